The molecule has 2 aliphatic rings. The SMILES string of the molecule is CNCC(C)c1nc2n(n1)N=C(C(C)(C)C)C2=Nc1cc2c(cc1C)N(CCO)C(C)(C)CC2C. The second kappa shape index (κ2) is 9.13. The first kappa shape index (κ1) is 25.5. The Morgan fingerprint density at radius 2 is 2.00 bits per heavy atom. The van der Waals surface area contributed by atoms with Crippen molar-refractivity contribution in [2.24, 2.45) is 15.5 Å². The monoisotopic (exact) mass is 479 g/mol. The number of likely N-dealkylation sites (N-methyl/N-ethyl adjacent to an activating group) is 1. The van der Waals surface area contributed by atoms with Crippen molar-refractivity contribution in [3.05, 3.63) is 34.9 Å². The lowest BCUT2D eigenvalue weighted by molar-refractivity contribution is 0.277. The number of hydrogen-bond acceptors (Lipinski definition) is 7. The van der Waals surface area contributed by atoms with Gasteiger partial charge >= 0.3 is 0 Å². The molecule has 35 heavy (non-hydrogen) atoms. The summed E-state index contributed by atoms with van der Waals surface area (Å²) >= 11 is 0. The molecule has 2 N–H and O–H groups in total. The van der Waals surface area contributed by atoms with Crippen LogP contribution in [0, 0.1) is 12.3 Å². The van der Waals surface area contributed by atoms with E-state index in [-0.39, 0.29) is 23.5 Å². The van der Waals surface area contributed by atoms with Crippen LogP contribution in [0.4, 0.5) is 11.4 Å². The number of aliphatic hydroxyl groups excluding tert-OH is 1. The summed E-state index contributed by atoms with van der Waals surface area (Å²) in [5.41, 5.74) is 6.00. The highest BCUT2D eigenvalue weighted by Crippen LogP contribution is 2.45. The summed E-state index contributed by atoms with van der Waals surface area (Å²) in [6.45, 7) is 19.0. The maximum Gasteiger partial charge on any atom is 0.204 e. The molecule has 2 aromatic rings. The van der Waals surface area contributed by atoms with Crippen molar-refractivity contribution in [1.29, 1.82) is 0 Å². The molecule has 0 saturated carbocycles. The maximum absolute atomic E-state index is 9.73. The molecule has 1 aromatic carbocycles. The number of nitrogens with one attached hydrogen (secondary N) is 1. The van der Waals surface area contributed by atoms with E-state index in [0.717, 1.165) is 41.5 Å². The molecular formula is C27H41N7O. The minimum atomic E-state index is -0.199. The lowest BCUT2D eigenvalue weighted by Crippen LogP contribution is -2.49. The first-order chi connectivity index (χ1) is 16.4. The van der Waals surface area contributed by atoms with Gasteiger partial charge in [0.25, 0.3) is 0 Å². The van der Waals surface area contributed by atoms with Crippen LogP contribution in [0.1, 0.15) is 89.5 Å². The van der Waals surface area contributed by atoms with Crippen molar-refractivity contribution < 1.29 is 5.11 Å². The average Bonchev–Trinajstić information content (AvgIpc) is 3.31. The van der Waals surface area contributed by atoms with Gasteiger partial charge in [-0.2, -0.15) is 5.10 Å². The van der Waals surface area contributed by atoms with Crippen molar-refractivity contribution in [3.63, 3.8) is 0 Å². The Balaban J connectivity index is 1.83. The lowest BCUT2D eigenvalue weighted by Gasteiger charge is -2.47. The molecule has 8 nitrogen and oxygen atoms in total. The molecule has 2 unspecified atom stereocenters. The smallest absolute Gasteiger partial charge is 0.204 e. The highest BCUT2D eigenvalue weighted by atomic mass is 16.3. The molecule has 1 aromatic heterocycles. The summed E-state index contributed by atoms with van der Waals surface area (Å²) in [5, 5.41) is 22.4. The zero-order chi connectivity index (χ0) is 25.7. The van der Waals surface area contributed by atoms with E-state index in [9.17, 15) is 5.11 Å². The quantitative estimate of drug-likeness (QED) is 0.642. The standard InChI is InChI=1S/C27H41N7O/c1-16-12-21-19(17(2)14-27(7,8)33(21)10-11-35)13-20(16)29-22-23(26(4,5)6)31-34-25(22)30-24(32-34)18(3)15-28-9/h12-13,17-18,28,35H,10-11,14-15H2,1-9H3. The number of anilines is 1. The number of fused-ring (bicyclic) bond motifs is 2. The van der Waals surface area contributed by atoms with Gasteiger partial charge < -0.3 is 15.3 Å². The highest BCUT2D eigenvalue weighted by molar-refractivity contribution is 6.50. The summed E-state index contributed by atoms with van der Waals surface area (Å²) < 4.78 is 0. The molecule has 8 heteroatoms. The van der Waals surface area contributed by atoms with E-state index in [1.807, 2.05) is 7.05 Å². The number of aliphatic hydroxyl groups is 1. The number of hydrogen-bond donors (Lipinski definition) is 2. The Labute approximate surface area is 209 Å². The number of β-amino-alcohol motifs (C(OH)–C–C–N with tert-alkyl or cyclic N) is 1. The Bertz CT molecular complexity index is 1170. The number of aromatic nitrogens is 3. The van der Waals surface area contributed by atoms with Crippen LogP contribution in [0.5, 0.6) is 0 Å². The van der Waals surface area contributed by atoms with Gasteiger partial charge in [0.05, 0.1) is 18.0 Å². The molecule has 0 bridgehead atoms. The second-order valence-corrected chi connectivity index (χ2v) is 11.8. The van der Waals surface area contributed by atoms with Crippen LogP contribution in [0.3, 0.4) is 0 Å². The Kier molecular flexibility index (Phi) is 6.66. The van der Waals surface area contributed by atoms with Crippen LogP contribution in [-0.2, 0) is 0 Å². The van der Waals surface area contributed by atoms with E-state index in [1.165, 1.54) is 11.3 Å². The van der Waals surface area contributed by atoms with Gasteiger partial charge in [-0.05, 0) is 63.4 Å². The van der Waals surface area contributed by atoms with Crippen molar-refractivity contribution in [2.75, 3.05) is 31.6 Å². The highest BCUT2D eigenvalue weighted by Gasteiger charge is 2.38. The zero-order valence-corrected chi connectivity index (χ0v) is 22.8. The summed E-state index contributed by atoms with van der Waals surface area (Å²) in [6.07, 6.45) is 1.02. The Morgan fingerprint density at radius 1 is 1.29 bits per heavy atom. The van der Waals surface area contributed by atoms with E-state index in [4.69, 9.17) is 15.1 Å². The van der Waals surface area contributed by atoms with Crippen LogP contribution >= 0.6 is 0 Å². The fraction of sp³-hybridized carbons (Fsp3) is 0.630. The van der Waals surface area contributed by atoms with Crippen LogP contribution < -0.4 is 10.2 Å². The number of rotatable bonds is 6. The van der Waals surface area contributed by atoms with Crippen LogP contribution in [0.2, 0.25) is 0 Å². The third-order valence-corrected chi connectivity index (χ3v) is 7.16. The van der Waals surface area contributed by atoms with Gasteiger partial charge in [0.15, 0.2) is 5.82 Å². The maximum atomic E-state index is 9.73. The van der Waals surface area contributed by atoms with Gasteiger partial charge in [-0.3, -0.25) is 0 Å². The third-order valence-electron chi connectivity index (χ3n) is 7.16. The Hall–Kier alpha value is -2.58. The van der Waals surface area contributed by atoms with Crippen LogP contribution in [0.15, 0.2) is 22.2 Å². The molecule has 0 amide bonds. The van der Waals surface area contributed by atoms with E-state index >= 15 is 0 Å². The topological polar surface area (TPSA) is 90.9 Å². The molecule has 2 aliphatic heterocycles. The molecule has 3 heterocycles. The van der Waals surface area contributed by atoms with Gasteiger partial charge in [-0.15, -0.1) is 9.89 Å². The van der Waals surface area contributed by atoms with Gasteiger partial charge in [-0.25, -0.2) is 9.98 Å². The predicted octanol–water partition coefficient (Wildman–Crippen LogP) is 4.38. The normalized spacial score (nSPS) is 21.2. The number of benzene rings is 1. The van der Waals surface area contributed by atoms with Crippen molar-refractivity contribution in [1.82, 2.24) is 20.2 Å². The predicted molar refractivity (Wildman–Crippen MR) is 144 cm³/mol. The van der Waals surface area contributed by atoms with Crippen molar-refractivity contribution in [3.8, 4) is 0 Å². The van der Waals surface area contributed by atoms with Gasteiger partial charge in [0.1, 0.15) is 5.71 Å². The summed E-state index contributed by atoms with van der Waals surface area (Å²) in [7, 11) is 1.94. The first-order valence-electron chi connectivity index (χ1n) is 12.7. The number of nitrogens with zero attached hydrogens (tertiary/aromatic N) is 6. The van der Waals surface area contributed by atoms with E-state index in [0.29, 0.717) is 18.3 Å². The van der Waals surface area contributed by atoms with E-state index in [1.54, 1.807) is 4.79 Å². The third kappa shape index (κ3) is 4.66. The van der Waals surface area contributed by atoms with Crippen molar-refractivity contribution in [2.45, 2.75) is 79.2 Å². The first-order valence-corrected chi connectivity index (χ1v) is 12.7. The molecule has 4 rings (SSSR count). The fourth-order valence-electron chi connectivity index (χ4n) is 5.39. The molecular weight excluding hydrogens is 438 g/mol. The van der Waals surface area contributed by atoms with Crippen LogP contribution in [-0.4, -0.2) is 63.7 Å². The largest absolute Gasteiger partial charge is 0.395 e. The lowest BCUT2D eigenvalue weighted by atomic mass is 9.79. The molecule has 0 spiro atoms. The minimum Gasteiger partial charge on any atom is -0.395 e. The van der Waals surface area contributed by atoms with Gasteiger partial charge in [0, 0.05) is 35.6 Å². The summed E-state index contributed by atoms with van der Waals surface area (Å²) in [4.78, 5) is 14.1. The number of aliphatic imine (C=N–C) groups is 1. The van der Waals surface area contributed by atoms with E-state index < -0.39 is 0 Å². The number of aryl methyl sites for hydroxylation is 1. The fourth-order valence-corrected chi connectivity index (χ4v) is 5.39. The molecule has 0 saturated heterocycles. The summed E-state index contributed by atoms with van der Waals surface area (Å²) in [6, 6.07) is 4.46. The van der Waals surface area contributed by atoms with Gasteiger partial charge in [0.2, 0.25) is 5.82 Å². The molecule has 2 atom stereocenters. The Morgan fingerprint density at radius 3 is 2.63 bits per heavy atom. The molecule has 0 fully saturated rings. The van der Waals surface area contributed by atoms with E-state index in [2.05, 4.69) is 82.8 Å². The molecule has 0 aliphatic carbocycles. The molecule has 190 valence electrons. The molecule has 0 radical (unpaired) electrons. The van der Waals surface area contributed by atoms with Crippen molar-refractivity contribution >= 4 is 22.8 Å². The minimum absolute atomic E-state index is 0.0105. The second-order valence-electron chi connectivity index (χ2n) is 11.8. The zero-order valence-electron chi connectivity index (χ0n) is 22.8. The van der Waals surface area contributed by atoms with Gasteiger partial charge in [-0.1, -0.05) is 34.6 Å². The van der Waals surface area contributed by atoms with Crippen LogP contribution in [0.25, 0.3) is 0 Å². The average molecular weight is 480 g/mol. The summed E-state index contributed by atoms with van der Waals surface area (Å²) in [5.74, 6) is 2.06.